The molecule has 1 aliphatic heterocycles. The first-order valence-corrected chi connectivity index (χ1v) is 8.99. The Kier molecular flexibility index (Phi) is 3.49. The van der Waals surface area contributed by atoms with Gasteiger partial charge in [0.1, 0.15) is 0 Å². The molecule has 1 N–H and O–H groups in total. The average molecular weight is 365 g/mol. The van der Waals surface area contributed by atoms with Crippen LogP contribution in [0.2, 0.25) is 0 Å². The maximum Gasteiger partial charge on any atom is 0.236 e. The van der Waals surface area contributed by atoms with Gasteiger partial charge in [-0.05, 0) is 42.3 Å². The average Bonchev–Trinajstić information content (AvgIpc) is 3.32. The van der Waals surface area contributed by atoms with Gasteiger partial charge in [-0.1, -0.05) is 29.5 Å². The van der Waals surface area contributed by atoms with E-state index < -0.39 is 0 Å². The molecule has 0 aliphatic carbocycles. The summed E-state index contributed by atoms with van der Waals surface area (Å²) in [6, 6.07) is 14.1. The van der Waals surface area contributed by atoms with Crippen LogP contribution in [0.25, 0.3) is 4.96 Å². The van der Waals surface area contributed by atoms with Crippen LogP contribution in [0.15, 0.2) is 42.5 Å². The van der Waals surface area contributed by atoms with Crippen molar-refractivity contribution in [2.45, 2.75) is 13.3 Å². The number of hydrogen-bond acceptors (Lipinski definition) is 7. The molecule has 0 unspecified atom stereocenters. The maximum atomic E-state index is 5.44. The smallest absolute Gasteiger partial charge is 0.236 e. The molecule has 26 heavy (non-hydrogen) atoms. The number of benzene rings is 2. The summed E-state index contributed by atoms with van der Waals surface area (Å²) >= 11 is 1.47. The van der Waals surface area contributed by atoms with Gasteiger partial charge in [-0.2, -0.15) is 4.52 Å². The summed E-state index contributed by atoms with van der Waals surface area (Å²) in [5.74, 6) is 2.33. The first-order chi connectivity index (χ1) is 12.7. The summed E-state index contributed by atoms with van der Waals surface area (Å²) < 4.78 is 12.6. The van der Waals surface area contributed by atoms with Gasteiger partial charge in [-0.25, -0.2) is 0 Å². The van der Waals surface area contributed by atoms with Crippen LogP contribution in [-0.4, -0.2) is 26.6 Å². The summed E-state index contributed by atoms with van der Waals surface area (Å²) in [5, 5.41) is 17.2. The van der Waals surface area contributed by atoms with Crippen LogP contribution in [0.3, 0.4) is 0 Å². The molecule has 5 rings (SSSR count). The summed E-state index contributed by atoms with van der Waals surface area (Å²) in [7, 11) is 0. The Labute approximate surface area is 153 Å². The predicted molar refractivity (Wildman–Crippen MR) is 98.5 cm³/mol. The Balaban J connectivity index is 1.41. The van der Waals surface area contributed by atoms with Crippen molar-refractivity contribution in [1.29, 1.82) is 0 Å². The van der Waals surface area contributed by atoms with Crippen molar-refractivity contribution >= 4 is 27.1 Å². The van der Waals surface area contributed by atoms with Crippen LogP contribution in [0.5, 0.6) is 11.5 Å². The summed E-state index contributed by atoms with van der Waals surface area (Å²) in [5.41, 5.74) is 3.28. The number of nitrogens with zero attached hydrogens (tertiary/aromatic N) is 4. The van der Waals surface area contributed by atoms with Crippen molar-refractivity contribution in [3.8, 4) is 11.5 Å². The van der Waals surface area contributed by atoms with Gasteiger partial charge in [0.15, 0.2) is 17.3 Å². The fourth-order valence-electron chi connectivity index (χ4n) is 2.90. The highest BCUT2D eigenvalue weighted by molar-refractivity contribution is 7.20. The normalized spacial score (nSPS) is 12.7. The summed E-state index contributed by atoms with van der Waals surface area (Å²) in [6.45, 7) is 2.33. The minimum atomic E-state index is 0.272. The highest BCUT2D eigenvalue weighted by atomic mass is 32.1. The van der Waals surface area contributed by atoms with Crippen molar-refractivity contribution in [1.82, 2.24) is 19.8 Å². The van der Waals surface area contributed by atoms with Crippen LogP contribution >= 0.6 is 11.3 Å². The van der Waals surface area contributed by atoms with Crippen molar-refractivity contribution in [2.75, 3.05) is 12.1 Å². The van der Waals surface area contributed by atoms with E-state index in [0.717, 1.165) is 38.7 Å². The number of aryl methyl sites for hydroxylation is 1. The van der Waals surface area contributed by atoms with Gasteiger partial charge in [0.25, 0.3) is 0 Å². The molecular formula is C18H15N5O2S. The SMILES string of the molecule is Cc1cccc(Nc2nn3c(Cc4ccc5c(c4)OCO5)nnc3s2)c1. The lowest BCUT2D eigenvalue weighted by molar-refractivity contribution is 0.174. The third-order valence-electron chi connectivity index (χ3n) is 4.12. The quantitative estimate of drug-likeness (QED) is 0.596. The lowest BCUT2D eigenvalue weighted by atomic mass is 10.1. The van der Waals surface area contributed by atoms with Crippen molar-refractivity contribution in [3.05, 3.63) is 59.4 Å². The monoisotopic (exact) mass is 365 g/mol. The highest BCUT2D eigenvalue weighted by Crippen LogP contribution is 2.33. The molecule has 0 amide bonds. The van der Waals surface area contributed by atoms with Gasteiger partial charge in [0.05, 0.1) is 0 Å². The topological polar surface area (TPSA) is 73.6 Å². The molecule has 130 valence electrons. The van der Waals surface area contributed by atoms with Crippen molar-refractivity contribution in [3.63, 3.8) is 0 Å². The Morgan fingerprint density at radius 3 is 2.96 bits per heavy atom. The molecule has 4 aromatic rings. The Morgan fingerprint density at radius 1 is 1.12 bits per heavy atom. The van der Waals surface area contributed by atoms with Crippen molar-refractivity contribution < 1.29 is 9.47 Å². The molecule has 2 aromatic carbocycles. The Hall–Kier alpha value is -3.13. The van der Waals surface area contributed by atoms with E-state index in [0.29, 0.717) is 6.42 Å². The van der Waals surface area contributed by atoms with Crippen LogP contribution < -0.4 is 14.8 Å². The number of rotatable bonds is 4. The number of fused-ring (bicyclic) bond motifs is 2. The third-order valence-corrected chi connectivity index (χ3v) is 4.94. The minimum Gasteiger partial charge on any atom is -0.454 e. The zero-order chi connectivity index (χ0) is 17.5. The summed E-state index contributed by atoms with van der Waals surface area (Å²) in [4.78, 5) is 0.760. The van der Waals surface area contributed by atoms with E-state index in [1.54, 1.807) is 4.52 Å². The Bertz CT molecular complexity index is 1100. The summed E-state index contributed by atoms with van der Waals surface area (Å²) in [6.07, 6.45) is 0.616. The van der Waals surface area contributed by atoms with Crippen LogP contribution in [0, 0.1) is 6.92 Å². The molecule has 3 heterocycles. The number of hydrogen-bond donors (Lipinski definition) is 1. The molecule has 0 radical (unpaired) electrons. The first kappa shape index (κ1) is 15.2. The van der Waals surface area contributed by atoms with Crippen LogP contribution in [-0.2, 0) is 6.42 Å². The molecule has 0 saturated heterocycles. The molecule has 0 bridgehead atoms. The lowest BCUT2D eigenvalue weighted by Crippen LogP contribution is -1.99. The number of aromatic nitrogens is 4. The maximum absolute atomic E-state index is 5.44. The molecule has 8 heteroatoms. The third kappa shape index (κ3) is 2.74. The highest BCUT2D eigenvalue weighted by Gasteiger charge is 2.16. The largest absolute Gasteiger partial charge is 0.454 e. The number of anilines is 2. The van der Waals surface area contributed by atoms with Crippen molar-refractivity contribution in [2.24, 2.45) is 0 Å². The fourth-order valence-corrected chi connectivity index (χ4v) is 3.68. The van der Waals surface area contributed by atoms with Gasteiger partial charge < -0.3 is 14.8 Å². The van der Waals surface area contributed by atoms with Gasteiger partial charge in [-0.3, -0.25) is 0 Å². The van der Waals surface area contributed by atoms with E-state index in [1.807, 2.05) is 30.3 Å². The molecule has 0 fully saturated rings. The van der Waals surface area contributed by atoms with Gasteiger partial charge >= 0.3 is 0 Å². The zero-order valence-electron chi connectivity index (χ0n) is 14.0. The molecule has 0 atom stereocenters. The second-order valence-electron chi connectivity index (χ2n) is 6.08. The minimum absolute atomic E-state index is 0.272. The molecule has 0 spiro atoms. The van der Waals surface area contributed by atoms with Gasteiger partial charge in [-0.15, -0.1) is 15.3 Å². The molecule has 2 aromatic heterocycles. The fraction of sp³-hybridized carbons (Fsp3) is 0.167. The van der Waals surface area contributed by atoms with E-state index >= 15 is 0 Å². The van der Waals surface area contributed by atoms with Gasteiger partial charge in [0.2, 0.25) is 16.9 Å². The second-order valence-corrected chi connectivity index (χ2v) is 7.03. The first-order valence-electron chi connectivity index (χ1n) is 8.18. The van der Waals surface area contributed by atoms with E-state index in [1.165, 1.54) is 16.9 Å². The van der Waals surface area contributed by atoms with Crippen LogP contribution in [0.1, 0.15) is 17.0 Å². The second kappa shape index (κ2) is 5.99. The number of ether oxygens (including phenoxy) is 2. The Morgan fingerprint density at radius 2 is 2.04 bits per heavy atom. The molecule has 7 nitrogen and oxygen atoms in total. The van der Waals surface area contributed by atoms with E-state index in [4.69, 9.17) is 9.47 Å². The van der Waals surface area contributed by atoms with E-state index in [9.17, 15) is 0 Å². The molecule has 0 saturated carbocycles. The van der Waals surface area contributed by atoms with E-state index in [-0.39, 0.29) is 6.79 Å². The predicted octanol–water partition coefficient (Wildman–Crippen LogP) is 3.56. The zero-order valence-corrected chi connectivity index (χ0v) is 14.8. The molecular weight excluding hydrogens is 350 g/mol. The standard InChI is InChI=1S/C18H15N5O2S/c1-11-3-2-4-13(7-11)19-17-22-23-16(20-21-18(23)26-17)9-12-5-6-14-15(8-12)25-10-24-14/h2-8H,9-10H2,1H3,(H,19,22). The van der Waals surface area contributed by atoms with Crippen LogP contribution in [0.4, 0.5) is 10.8 Å². The number of nitrogens with one attached hydrogen (secondary N) is 1. The van der Waals surface area contributed by atoms with E-state index in [2.05, 4.69) is 39.7 Å². The molecule has 1 aliphatic rings. The van der Waals surface area contributed by atoms with Gasteiger partial charge in [0, 0.05) is 12.1 Å². The lowest BCUT2D eigenvalue weighted by Gasteiger charge is -2.03.